The Kier molecular flexibility index (Phi) is 13.2. The highest BCUT2D eigenvalue weighted by molar-refractivity contribution is 6.01. The second kappa shape index (κ2) is 15.3. The standard InChI is InChI=1S/C21H34N2O9/c1-2-16(22-21(30)31-14-15(10-12-25)5-4-11-24)13-17(26)6-3-7-20(29)32-23-18(27)8-9-19(23)28/h15-16,24-25H,2-14H2,1H3,(H,22,30). The molecule has 1 aliphatic heterocycles. The first-order chi connectivity index (χ1) is 15.3. The molecule has 0 radical (unpaired) electrons. The maximum Gasteiger partial charge on any atom is 0.407 e. The van der Waals surface area contributed by atoms with Crippen LogP contribution in [0, 0.1) is 5.92 Å². The molecule has 1 fully saturated rings. The van der Waals surface area contributed by atoms with Crippen LogP contribution >= 0.6 is 0 Å². The van der Waals surface area contributed by atoms with Crippen molar-refractivity contribution in [3.8, 4) is 0 Å². The average molecular weight is 459 g/mol. The quantitative estimate of drug-likeness (QED) is 0.287. The van der Waals surface area contributed by atoms with Gasteiger partial charge in [0.05, 0.1) is 6.61 Å². The van der Waals surface area contributed by atoms with Gasteiger partial charge in [0.15, 0.2) is 0 Å². The van der Waals surface area contributed by atoms with E-state index in [9.17, 15) is 24.0 Å². The van der Waals surface area contributed by atoms with E-state index in [4.69, 9.17) is 19.8 Å². The van der Waals surface area contributed by atoms with Crippen LogP contribution in [-0.2, 0) is 28.8 Å². The Bertz CT molecular complexity index is 637. The molecule has 0 aromatic carbocycles. The number of nitrogens with one attached hydrogen (secondary N) is 1. The van der Waals surface area contributed by atoms with Gasteiger partial charge in [0, 0.05) is 51.4 Å². The van der Waals surface area contributed by atoms with Gasteiger partial charge in [0.1, 0.15) is 5.78 Å². The minimum absolute atomic E-state index is 0.0171. The number of hydrogen-bond donors (Lipinski definition) is 3. The molecule has 0 aromatic rings. The number of rotatable bonds is 16. The van der Waals surface area contributed by atoms with Crippen LogP contribution in [0.25, 0.3) is 0 Å². The third-order valence-electron chi connectivity index (χ3n) is 5.08. The van der Waals surface area contributed by atoms with Gasteiger partial charge in [-0.2, -0.15) is 0 Å². The van der Waals surface area contributed by atoms with Crippen molar-refractivity contribution < 1.29 is 43.8 Å². The van der Waals surface area contributed by atoms with Gasteiger partial charge in [-0.05, 0) is 38.0 Å². The Balaban J connectivity index is 2.29. The number of nitrogens with zero attached hydrogens (tertiary/aromatic N) is 1. The lowest BCUT2D eigenvalue weighted by molar-refractivity contribution is -0.197. The number of amides is 3. The van der Waals surface area contributed by atoms with Crippen molar-refractivity contribution in [1.29, 1.82) is 0 Å². The van der Waals surface area contributed by atoms with E-state index in [0.29, 0.717) is 30.7 Å². The molecule has 0 aromatic heterocycles. The summed E-state index contributed by atoms with van der Waals surface area (Å²) in [7, 11) is 0. The minimum Gasteiger partial charge on any atom is -0.449 e. The first-order valence-corrected chi connectivity index (χ1v) is 11.0. The highest BCUT2D eigenvalue weighted by Crippen LogP contribution is 2.14. The summed E-state index contributed by atoms with van der Waals surface area (Å²) in [6.45, 7) is 1.92. The topological polar surface area (TPSA) is 160 Å². The van der Waals surface area contributed by atoms with Crippen molar-refractivity contribution in [3.05, 3.63) is 0 Å². The number of carbonyl (C=O) groups excluding carboxylic acids is 5. The molecule has 0 saturated carbocycles. The number of hydrogen-bond acceptors (Lipinski definition) is 9. The normalized spacial score (nSPS) is 15.4. The maximum atomic E-state index is 12.2. The first kappa shape index (κ1) is 27.5. The number of aliphatic hydroxyl groups excluding tert-OH is 2. The van der Waals surface area contributed by atoms with Gasteiger partial charge in [-0.15, -0.1) is 5.06 Å². The van der Waals surface area contributed by atoms with Crippen LogP contribution in [0.2, 0.25) is 0 Å². The summed E-state index contributed by atoms with van der Waals surface area (Å²) in [5.41, 5.74) is 0. The van der Waals surface area contributed by atoms with Gasteiger partial charge in [-0.3, -0.25) is 14.4 Å². The average Bonchev–Trinajstić information content (AvgIpc) is 3.07. The molecule has 3 N–H and O–H groups in total. The van der Waals surface area contributed by atoms with Crippen molar-refractivity contribution in [2.45, 2.75) is 77.2 Å². The third kappa shape index (κ3) is 10.7. The molecule has 182 valence electrons. The number of Topliss-reactive ketones (excluding diaryl/α,β-unsaturated/α-hetero) is 1. The zero-order valence-electron chi connectivity index (χ0n) is 18.5. The van der Waals surface area contributed by atoms with E-state index in [0.717, 1.165) is 0 Å². The van der Waals surface area contributed by atoms with Crippen LogP contribution in [0.4, 0.5) is 4.79 Å². The van der Waals surface area contributed by atoms with Crippen molar-refractivity contribution in [2.75, 3.05) is 19.8 Å². The molecular weight excluding hydrogens is 424 g/mol. The van der Waals surface area contributed by atoms with Crippen molar-refractivity contribution in [1.82, 2.24) is 10.4 Å². The molecule has 1 aliphatic rings. The molecule has 32 heavy (non-hydrogen) atoms. The number of hydroxylamine groups is 2. The second-order valence-corrected chi connectivity index (χ2v) is 7.73. The van der Waals surface area contributed by atoms with Gasteiger partial charge >= 0.3 is 12.1 Å². The molecule has 11 nitrogen and oxygen atoms in total. The second-order valence-electron chi connectivity index (χ2n) is 7.73. The van der Waals surface area contributed by atoms with E-state index in [-0.39, 0.29) is 70.0 Å². The Morgan fingerprint density at radius 1 is 1.03 bits per heavy atom. The lowest BCUT2D eigenvalue weighted by Gasteiger charge is -2.19. The first-order valence-electron chi connectivity index (χ1n) is 11.0. The van der Waals surface area contributed by atoms with Crippen molar-refractivity contribution >= 4 is 29.7 Å². The molecule has 0 aliphatic carbocycles. The Morgan fingerprint density at radius 2 is 1.72 bits per heavy atom. The van der Waals surface area contributed by atoms with E-state index >= 15 is 0 Å². The third-order valence-corrected chi connectivity index (χ3v) is 5.08. The molecule has 1 saturated heterocycles. The summed E-state index contributed by atoms with van der Waals surface area (Å²) in [5, 5.41) is 21.1. The monoisotopic (exact) mass is 458 g/mol. The predicted molar refractivity (Wildman–Crippen MR) is 111 cm³/mol. The number of ketones is 1. The van der Waals surface area contributed by atoms with E-state index in [2.05, 4.69) is 5.32 Å². The summed E-state index contributed by atoms with van der Waals surface area (Å²) in [6.07, 6.45) is 1.78. The van der Waals surface area contributed by atoms with Gasteiger partial charge < -0.3 is 25.1 Å². The summed E-state index contributed by atoms with van der Waals surface area (Å²) >= 11 is 0. The van der Waals surface area contributed by atoms with Crippen LogP contribution in [0.15, 0.2) is 0 Å². The van der Waals surface area contributed by atoms with Crippen LogP contribution in [0.1, 0.15) is 71.1 Å². The predicted octanol–water partition coefficient (Wildman–Crippen LogP) is 0.999. The highest BCUT2D eigenvalue weighted by atomic mass is 16.7. The molecule has 2 atom stereocenters. The fraction of sp³-hybridized carbons (Fsp3) is 0.762. The SMILES string of the molecule is CCC(CC(=O)CCCC(=O)ON1C(=O)CCC1=O)NC(=O)OCC(CCO)CCCO. The summed E-state index contributed by atoms with van der Waals surface area (Å²) < 4.78 is 5.19. The van der Waals surface area contributed by atoms with Crippen LogP contribution in [0.5, 0.6) is 0 Å². The molecule has 2 unspecified atom stereocenters. The number of alkyl carbamates (subject to hydrolysis) is 1. The molecule has 0 spiro atoms. The molecule has 3 amide bonds. The molecule has 1 heterocycles. The highest BCUT2D eigenvalue weighted by Gasteiger charge is 2.32. The molecule has 11 heteroatoms. The lowest BCUT2D eigenvalue weighted by Crippen LogP contribution is -2.37. The fourth-order valence-corrected chi connectivity index (χ4v) is 3.18. The summed E-state index contributed by atoms with van der Waals surface area (Å²) in [4.78, 5) is 63.5. The zero-order chi connectivity index (χ0) is 23.9. The minimum atomic E-state index is -0.756. The van der Waals surface area contributed by atoms with E-state index in [1.165, 1.54) is 0 Å². The largest absolute Gasteiger partial charge is 0.449 e. The summed E-state index contributed by atoms with van der Waals surface area (Å²) in [6, 6.07) is -0.421. The zero-order valence-corrected chi connectivity index (χ0v) is 18.5. The lowest BCUT2D eigenvalue weighted by atomic mass is 10.0. The van der Waals surface area contributed by atoms with Gasteiger partial charge in [-0.25, -0.2) is 9.59 Å². The van der Waals surface area contributed by atoms with Crippen LogP contribution < -0.4 is 5.32 Å². The van der Waals surface area contributed by atoms with Crippen LogP contribution in [0.3, 0.4) is 0 Å². The number of ether oxygens (including phenoxy) is 1. The van der Waals surface area contributed by atoms with Crippen molar-refractivity contribution in [2.24, 2.45) is 5.92 Å². The van der Waals surface area contributed by atoms with Gasteiger partial charge in [0.2, 0.25) is 0 Å². The van der Waals surface area contributed by atoms with Crippen LogP contribution in [-0.4, -0.2) is 70.8 Å². The number of carbonyl (C=O) groups is 5. The molecular formula is C21H34N2O9. The molecule has 0 bridgehead atoms. The number of aliphatic hydroxyl groups is 2. The molecule has 1 rings (SSSR count). The Hall–Kier alpha value is -2.53. The van der Waals surface area contributed by atoms with E-state index < -0.39 is 29.9 Å². The smallest absolute Gasteiger partial charge is 0.407 e. The summed E-state index contributed by atoms with van der Waals surface area (Å²) in [5.74, 6) is -2.07. The van der Waals surface area contributed by atoms with Gasteiger partial charge in [0.25, 0.3) is 11.8 Å². The Labute approximate surface area is 187 Å². The van der Waals surface area contributed by atoms with Crippen molar-refractivity contribution in [3.63, 3.8) is 0 Å². The number of imide groups is 1. The fourth-order valence-electron chi connectivity index (χ4n) is 3.18. The van der Waals surface area contributed by atoms with E-state index in [1.54, 1.807) is 0 Å². The Morgan fingerprint density at radius 3 is 2.31 bits per heavy atom. The van der Waals surface area contributed by atoms with Gasteiger partial charge in [-0.1, -0.05) is 6.92 Å². The van der Waals surface area contributed by atoms with E-state index in [1.807, 2.05) is 6.92 Å². The maximum absolute atomic E-state index is 12.2.